The zero-order valence-corrected chi connectivity index (χ0v) is 27.5. The molecule has 9 heteroatoms. The van der Waals surface area contributed by atoms with E-state index in [1.165, 1.54) is 17.0 Å². The number of aryl methyl sites for hydroxylation is 2. The van der Waals surface area contributed by atoms with Gasteiger partial charge in [-0.2, -0.15) is 0 Å². The van der Waals surface area contributed by atoms with E-state index >= 15 is 0 Å². The number of para-hydroxylation sites is 1. The van der Waals surface area contributed by atoms with Crippen LogP contribution >= 0.6 is 0 Å². The second-order valence-electron chi connectivity index (χ2n) is 12.1. The first kappa shape index (κ1) is 33.3. The monoisotopic (exact) mass is 627 g/mol. The van der Waals surface area contributed by atoms with E-state index in [9.17, 15) is 18.0 Å². The molecule has 0 bridgehead atoms. The Hall–Kier alpha value is -4.63. The van der Waals surface area contributed by atoms with Crippen LogP contribution in [0.2, 0.25) is 0 Å². The molecule has 0 saturated heterocycles. The highest BCUT2D eigenvalue weighted by Gasteiger charge is 2.33. The maximum absolute atomic E-state index is 14.2. The van der Waals surface area contributed by atoms with Crippen LogP contribution in [0.3, 0.4) is 0 Å². The van der Waals surface area contributed by atoms with Crippen LogP contribution in [-0.2, 0) is 26.2 Å². The summed E-state index contributed by atoms with van der Waals surface area (Å²) in [5.41, 5.74) is 2.48. The van der Waals surface area contributed by atoms with Crippen molar-refractivity contribution >= 4 is 27.5 Å². The number of carbonyl (C=O) groups excluding carboxylic acids is 2. The summed E-state index contributed by atoms with van der Waals surface area (Å²) in [6.45, 7) is 10.7. The second-order valence-corrected chi connectivity index (χ2v) is 14.0. The molecule has 0 aliphatic heterocycles. The number of nitrogens with zero attached hydrogens (tertiary/aromatic N) is 2. The Morgan fingerprint density at radius 3 is 1.98 bits per heavy atom. The van der Waals surface area contributed by atoms with Crippen molar-refractivity contribution in [2.45, 2.75) is 64.6 Å². The number of rotatable bonds is 11. The molecule has 0 aromatic heterocycles. The van der Waals surface area contributed by atoms with Crippen molar-refractivity contribution in [3.63, 3.8) is 0 Å². The van der Waals surface area contributed by atoms with Crippen molar-refractivity contribution in [3.05, 3.63) is 120 Å². The fraction of sp³-hybridized carbons (Fsp3) is 0.278. The number of anilines is 1. The molecule has 45 heavy (non-hydrogen) atoms. The van der Waals surface area contributed by atoms with Crippen molar-refractivity contribution in [1.82, 2.24) is 10.2 Å². The van der Waals surface area contributed by atoms with Crippen LogP contribution in [0, 0.1) is 13.8 Å². The summed E-state index contributed by atoms with van der Waals surface area (Å²) in [6, 6.07) is 29.0. The quantitative estimate of drug-likeness (QED) is 0.202. The summed E-state index contributed by atoms with van der Waals surface area (Å²) in [4.78, 5) is 29.0. The molecule has 0 saturated carbocycles. The fourth-order valence-electron chi connectivity index (χ4n) is 4.70. The minimum atomic E-state index is -4.18. The molecule has 4 aromatic rings. The average Bonchev–Trinajstić information content (AvgIpc) is 2.99. The largest absolute Gasteiger partial charge is 0.457 e. The molecule has 0 aliphatic carbocycles. The lowest BCUT2D eigenvalue weighted by molar-refractivity contribution is -0.140. The van der Waals surface area contributed by atoms with Gasteiger partial charge in [-0.15, -0.1) is 0 Å². The first-order chi connectivity index (χ1) is 21.2. The number of benzene rings is 4. The van der Waals surface area contributed by atoms with Crippen molar-refractivity contribution in [3.8, 4) is 11.5 Å². The lowest BCUT2D eigenvalue weighted by Gasteiger charge is -2.33. The number of ether oxygens (including phenoxy) is 1. The highest BCUT2D eigenvalue weighted by atomic mass is 32.2. The van der Waals surface area contributed by atoms with Crippen molar-refractivity contribution < 1.29 is 22.7 Å². The van der Waals surface area contributed by atoms with E-state index in [1.54, 1.807) is 43.3 Å². The van der Waals surface area contributed by atoms with E-state index in [1.807, 2.05) is 89.2 Å². The minimum absolute atomic E-state index is 0.0505. The van der Waals surface area contributed by atoms with Gasteiger partial charge in [0.15, 0.2) is 0 Å². The molecule has 0 heterocycles. The van der Waals surface area contributed by atoms with Gasteiger partial charge in [0, 0.05) is 12.1 Å². The summed E-state index contributed by atoms with van der Waals surface area (Å²) < 4.78 is 35.2. The van der Waals surface area contributed by atoms with Gasteiger partial charge in [0.1, 0.15) is 24.1 Å². The Morgan fingerprint density at radius 1 is 0.800 bits per heavy atom. The van der Waals surface area contributed by atoms with Gasteiger partial charge in [0.25, 0.3) is 10.0 Å². The summed E-state index contributed by atoms with van der Waals surface area (Å²) >= 11 is 0. The summed E-state index contributed by atoms with van der Waals surface area (Å²) in [5, 5.41) is 2.95. The summed E-state index contributed by atoms with van der Waals surface area (Å²) in [6.07, 6.45) is 0. The highest BCUT2D eigenvalue weighted by molar-refractivity contribution is 7.92. The number of hydrogen-bond donors (Lipinski definition) is 1. The van der Waals surface area contributed by atoms with Crippen LogP contribution in [0.4, 0.5) is 5.69 Å². The van der Waals surface area contributed by atoms with Crippen LogP contribution in [0.25, 0.3) is 0 Å². The molecule has 0 unspecified atom stereocenters. The van der Waals surface area contributed by atoms with Crippen molar-refractivity contribution in [1.29, 1.82) is 0 Å². The van der Waals surface area contributed by atoms with E-state index in [-0.39, 0.29) is 23.0 Å². The van der Waals surface area contributed by atoms with Gasteiger partial charge in [-0.3, -0.25) is 13.9 Å². The van der Waals surface area contributed by atoms with E-state index in [4.69, 9.17) is 4.74 Å². The van der Waals surface area contributed by atoms with Crippen LogP contribution in [0.1, 0.15) is 44.4 Å². The van der Waals surface area contributed by atoms with Gasteiger partial charge in [0.05, 0.1) is 10.6 Å². The van der Waals surface area contributed by atoms with E-state index in [0.29, 0.717) is 11.5 Å². The van der Waals surface area contributed by atoms with Gasteiger partial charge in [-0.05, 0) is 101 Å². The standard InChI is InChI=1S/C36H41N3O5S/c1-26-16-22-33(23-17-26)45(42,43)39(30-18-20-32(21-19-30)44-31-14-8-7-9-15-31)25-34(40)38(24-29-13-11-10-12-27(29)2)28(3)35(41)37-36(4,5)6/h7-23,28H,24-25H2,1-6H3,(H,37,41)/t28-/m1/s1. The number of carbonyl (C=O) groups is 2. The van der Waals surface area contributed by atoms with Crippen LogP contribution in [0.5, 0.6) is 11.5 Å². The van der Waals surface area contributed by atoms with Gasteiger partial charge in [0.2, 0.25) is 11.8 Å². The number of nitrogens with one attached hydrogen (secondary N) is 1. The SMILES string of the molecule is Cc1ccc(S(=O)(=O)N(CC(=O)N(Cc2ccccc2C)[C@H](C)C(=O)NC(C)(C)C)c2ccc(Oc3ccccc3)cc2)cc1. The van der Waals surface area contributed by atoms with E-state index in [2.05, 4.69) is 5.32 Å². The molecule has 8 nitrogen and oxygen atoms in total. The Labute approximate surface area is 266 Å². The number of amides is 2. The molecule has 0 fully saturated rings. The zero-order valence-electron chi connectivity index (χ0n) is 26.7. The Kier molecular flexibility index (Phi) is 10.3. The average molecular weight is 628 g/mol. The molecule has 0 radical (unpaired) electrons. The molecule has 0 aliphatic rings. The predicted octanol–water partition coefficient (Wildman–Crippen LogP) is 6.62. The molecular formula is C36H41N3O5S. The van der Waals surface area contributed by atoms with E-state index < -0.39 is 34.1 Å². The third-order valence-electron chi connectivity index (χ3n) is 7.26. The molecule has 0 spiro atoms. The van der Waals surface area contributed by atoms with Gasteiger partial charge >= 0.3 is 0 Å². The van der Waals surface area contributed by atoms with Crippen LogP contribution in [0.15, 0.2) is 108 Å². The predicted molar refractivity (Wildman–Crippen MR) is 178 cm³/mol. The number of hydrogen-bond acceptors (Lipinski definition) is 5. The summed E-state index contributed by atoms with van der Waals surface area (Å²) in [5.74, 6) is 0.298. The third kappa shape index (κ3) is 8.73. The van der Waals surface area contributed by atoms with Crippen molar-refractivity contribution in [2.24, 2.45) is 0 Å². The molecule has 4 rings (SSSR count). The Morgan fingerprint density at radius 2 is 1.38 bits per heavy atom. The molecule has 4 aromatic carbocycles. The van der Waals surface area contributed by atoms with Gasteiger partial charge < -0.3 is 15.0 Å². The first-order valence-corrected chi connectivity index (χ1v) is 16.3. The Bertz CT molecular complexity index is 1720. The topological polar surface area (TPSA) is 96.0 Å². The lowest BCUT2D eigenvalue weighted by Crippen LogP contribution is -2.54. The normalized spacial score (nSPS) is 12.2. The van der Waals surface area contributed by atoms with Crippen LogP contribution < -0.4 is 14.4 Å². The minimum Gasteiger partial charge on any atom is -0.457 e. The van der Waals surface area contributed by atoms with E-state index in [0.717, 1.165) is 21.0 Å². The van der Waals surface area contributed by atoms with Gasteiger partial charge in [-0.1, -0.05) is 60.2 Å². The Balaban J connectivity index is 1.72. The maximum Gasteiger partial charge on any atom is 0.264 e. The number of sulfonamides is 1. The maximum atomic E-state index is 14.2. The smallest absolute Gasteiger partial charge is 0.264 e. The molecule has 236 valence electrons. The van der Waals surface area contributed by atoms with Crippen LogP contribution in [-0.4, -0.2) is 43.3 Å². The third-order valence-corrected chi connectivity index (χ3v) is 9.05. The first-order valence-electron chi connectivity index (χ1n) is 14.8. The molecule has 1 atom stereocenters. The molecule has 1 N–H and O–H groups in total. The fourth-order valence-corrected chi connectivity index (χ4v) is 6.11. The second kappa shape index (κ2) is 14.0. The molecule has 2 amide bonds. The van der Waals surface area contributed by atoms with Gasteiger partial charge in [-0.25, -0.2) is 8.42 Å². The zero-order chi connectivity index (χ0) is 32.8. The highest BCUT2D eigenvalue weighted by Crippen LogP contribution is 2.29. The lowest BCUT2D eigenvalue weighted by atomic mass is 10.1. The van der Waals surface area contributed by atoms with Crippen molar-refractivity contribution in [2.75, 3.05) is 10.8 Å². The molecular weight excluding hydrogens is 586 g/mol. The summed E-state index contributed by atoms with van der Waals surface area (Å²) in [7, 11) is -4.18.